The fourth-order valence-electron chi connectivity index (χ4n) is 4.08. The highest BCUT2D eigenvalue weighted by Gasteiger charge is 2.27. The summed E-state index contributed by atoms with van der Waals surface area (Å²) < 4.78 is 47.8. The minimum Gasteiger partial charge on any atom is -0.484 e. The number of nitrogens with one attached hydrogen (secondary N) is 4. The monoisotopic (exact) mass is 514 g/mol. The zero-order chi connectivity index (χ0) is 25.8. The Kier molecular flexibility index (Phi) is 7.22. The minimum atomic E-state index is -4.48. The van der Waals surface area contributed by atoms with E-state index in [4.69, 9.17) is 14.5 Å². The van der Waals surface area contributed by atoms with Crippen LogP contribution in [-0.2, 0) is 22.7 Å². The number of carbonyl (C=O) groups excluding carboxylic acids is 1. The molecule has 37 heavy (non-hydrogen) atoms. The Labute approximate surface area is 210 Å². The third-order valence-electron chi connectivity index (χ3n) is 5.99. The number of nitrogens with zero attached hydrogens (tertiary/aromatic N) is 2. The maximum Gasteiger partial charge on any atom is 0.405 e. The molecule has 1 saturated heterocycles. The summed E-state index contributed by atoms with van der Waals surface area (Å²) in [5.74, 6) is 0.918. The van der Waals surface area contributed by atoms with Crippen molar-refractivity contribution in [1.82, 2.24) is 26.1 Å². The van der Waals surface area contributed by atoms with Gasteiger partial charge in [0.2, 0.25) is 0 Å². The molecule has 0 aliphatic carbocycles. The van der Waals surface area contributed by atoms with Crippen LogP contribution in [0, 0.1) is 0 Å². The second-order valence-corrected chi connectivity index (χ2v) is 8.73. The van der Waals surface area contributed by atoms with E-state index in [9.17, 15) is 18.0 Å². The first-order chi connectivity index (χ1) is 17.8. The second-order valence-electron chi connectivity index (χ2n) is 8.73. The number of benzene rings is 2. The molecule has 3 heterocycles. The first-order valence-corrected chi connectivity index (χ1v) is 11.7. The van der Waals surface area contributed by atoms with Gasteiger partial charge in [0, 0.05) is 35.8 Å². The lowest BCUT2D eigenvalue weighted by Crippen LogP contribution is -2.36. The molecule has 5 rings (SSSR count). The van der Waals surface area contributed by atoms with Crippen molar-refractivity contribution >= 4 is 17.4 Å². The lowest BCUT2D eigenvalue weighted by atomic mass is 10.0. The minimum absolute atomic E-state index is 0.306. The number of fused-ring (bicyclic) bond motifs is 1. The lowest BCUT2D eigenvalue weighted by molar-refractivity contribution is -0.139. The van der Waals surface area contributed by atoms with Crippen LogP contribution in [0.4, 0.5) is 24.7 Å². The summed E-state index contributed by atoms with van der Waals surface area (Å²) in [5, 5.41) is 5.15. The molecule has 4 N–H and O–H groups in total. The molecule has 12 heteroatoms. The number of hydrazine groups is 1. The Morgan fingerprint density at radius 1 is 1.08 bits per heavy atom. The van der Waals surface area contributed by atoms with Crippen LogP contribution < -0.4 is 26.2 Å². The van der Waals surface area contributed by atoms with Gasteiger partial charge < -0.3 is 20.1 Å². The molecule has 2 aliphatic rings. The molecule has 194 valence electrons. The third kappa shape index (κ3) is 6.34. The molecule has 2 aromatic carbocycles. The molecule has 0 bridgehead atoms. The van der Waals surface area contributed by atoms with E-state index in [-0.39, 0.29) is 0 Å². The highest BCUT2D eigenvalue weighted by Crippen LogP contribution is 2.31. The zero-order valence-electron chi connectivity index (χ0n) is 19.7. The van der Waals surface area contributed by atoms with Crippen molar-refractivity contribution in [2.75, 3.05) is 31.6 Å². The van der Waals surface area contributed by atoms with Crippen LogP contribution in [0.5, 0.6) is 5.75 Å². The van der Waals surface area contributed by atoms with Gasteiger partial charge in [0.15, 0.2) is 12.4 Å². The number of carbonyl (C=O) groups is 1. The molecule has 0 spiro atoms. The largest absolute Gasteiger partial charge is 0.484 e. The molecule has 1 amide bonds. The standard InChI is InChI=1S/C25H25F3N6O3/c26-25(27,28)14-29-22(35)13-37-19-3-1-2-16(8-19)23-33-21-12-36-11-20(21)24(34-23)32-18-6-4-15(5-7-18)17-9-30-31-10-17/h1-8,17,30-31H,9-14H2,(H,29,35)(H,32,33,34). The normalized spacial score (nSPS) is 15.4. The van der Waals surface area contributed by atoms with Gasteiger partial charge in [-0.05, 0) is 29.8 Å². The van der Waals surface area contributed by atoms with Crippen molar-refractivity contribution in [3.63, 3.8) is 0 Å². The van der Waals surface area contributed by atoms with Crippen LogP contribution in [0.15, 0.2) is 48.5 Å². The predicted octanol–water partition coefficient (Wildman–Crippen LogP) is 3.17. The number of aromatic nitrogens is 2. The van der Waals surface area contributed by atoms with Crippen LogP contribution in [0.1, 0.15) is 22.7 Å². The van der Waals surface area contributed by atoms with Crippen molar-refractivity contribution in [2.24, 2.45) is 0 Å². The first-order valence-electron chi connectivity index (χ1n) is 11.7. The third-order valence-corrected chi connectivity index (χ3v) is 5.99. The quantitative estimate of drug-likeness (QED) is 0.363. The zero-order valence-corrected chi connectivity index (χ0v) is 19.7. The van der Waals surface area contributed by atoms with Gasteiger partial charge in [-0.1, -0.05) is 24.3 Å². The fourth-order valence-corrected chi connectivity index (χ4v) is 4.08. The van der Waals surface area contributed by atoms with Gasteiger partial charge >= 0.3 is 6.18 Å². The smallest absolute Gasteiger partial charge is 0.405 e. The Hall–Kier alpha value is -3.74. The number of hydrogen-bond acceptors (Lipinski definition) is 8. The van der Waals surface area contributed by atoms with Gasteiger partial charge in [-0.25, -0.2) is 9.97 Å². The molecular formula is C25H25F3N6O3. The maximum absolute atomic E-state index is 12.3. The van der Waals surface area contributed by atoms with E-state index in [1.54, 1.807) is 29.6 Å². The number of ether oxygens (including phenoxy) is 2. The van der Waals surface area contributed by atoms with Gasteiger partial charge in [0.1, 0.15) is 18.1 Å². The Morgan fingerprint density at radius 2 is 1.86 bits per heavy atom. The van der Waals surface area contributed by atoms with Gasteiger partial charge in [-0.15, -0.1) is 0 Å². The summed E-state index contributed by atoms with van der Waals surface area (Å²) in [4.78, 5) is 21.0. The topological polar surface area (TPSA) is 109 Å². The van der Waals surface area contributed by atoms with E-state index in [0.29, 0.717) is 42.1 Å². The highest BCUT2D eigenvalue weighted by atomic mass is 19.4. The van der Waals surface area contributed by atoms with Gasteiger partial charge in [-0.2, -0.15) is 13.2 Å². The summed E-state index contributed by atoms with van der Waals surface area (Å²) in [5.41, 5.74) is 10.7. The van der Waals surface area contributed by atoms with Gasteiger partial charge in [0.05, 0.1) is 18.9 Å². The van der Waals surface area contributed by atoms with E-state index in [1.807, 2.05) is 12.1 Å². The van der Waals surface area contributed by atoms with Crippen molar-refractivity contribution in [3.05, 3.63) is 65.4 Å². The highest BCUT2D eigenvalue weighted by molar-refractivity contribution is 5.77. The van der Waals surface area contributed by atoms with Crippen LogP contribution in [0.3, 0.4) is 0 Å². The molecule has 0 radical (unpaired) electrons. The molecule has 1 aromatic heterocycles. The first kappa shape index (κ1) is 24.9. The van der Waals surface area contributed by atoms with E-state index in [1.165, 1.54) is 5.56 Å². The van der Waals surface area contributed by atoms with Crippen LogP contribution >= 0.6 is 0 Å². The number of anilines is 2. The summed E-state index contributed by atoms with van der Waals surface area (Å²) in [6.07, 6.45) is -4.48. The van der Waals surface area contributed by atoms with Crippen molar-refractivity contribution in [1.29, 1.82) is 0 Å². The maximum atomic E-state index is 12.3. The van der Waals surface area contributed by atoms with Gasteiger partial charge in [0.25, 0.3) is 5.91 Å². The lowest BCUT2D eigenvalue weighted by Gasteiger charge is -2.14. The number of hydrogen-bond donors (Lipinski definition) is 4. The number of rotatable bonds is 8. The molecule has 0 saturated carbocycles. The summed E-state index contributed by atoms with van der Waals surface area (Å²) >= 11 is 0. The second kappa shape index (κ2) is 10.7. The van der Waals surface area contributed by atoms with E-state index < -0.39 is 25.2 Å². The van der Waals surface area contributed by atoms with Gasteiger partial charge in [-0.3, -0.25) is 15.6 Å². The molecule has 2 aliphatic heterocycles. The molecule has 0 unspecified atom stereocenters. The number of amides is 1. The van der Waals surface area contributed by atoms with Crippen LogP contribution in [0.25, 0.3) is 11.4 Å². The molecule has 1 fully saturated rings. The molecule has 0 atom stereocenters. The average molecular weight is 515 g/mol. The Morgan fingerprint density at radius 3 is 2.62 bits per heavy atom. The van der Waals surface area contributed by atoms with E-state index in [0.717, 1.165) is 30.0 Å². The SMILES string of the molecule is O=C(COc1cccc(-c2nc3c(c(Nc4ccc(C5CNNC5)cc4)n2)COC3)c1)NCC(F)(F)F. The van der Waals surface area contributed by atoms with Crippen molar-refractivity contribution < 1.29 is 27.4 Å². The molecule has 9 nitrogen and oxygen atoms in total. The van der Waals surface area contributed by atoms with Crippen molar-refractivity contribution in [2.45, 2.75) is 25.3 Å². The van der Waals surface area contributed by atoms with Crippen LogP contribution in [-0.4, -0.2) is 48.3 Å². The van der Waals surface area contributed by atoms with Crippen molar-refractivity contribution in [3.8, 4) is 17.1 Å². The predicted molar refractivity (Wildman–Crippen MR) is 129 cm³/mol. The van der Waals surface area contributed by atoms with E-state index >= 15 is 0 Å². The molecular weight excluding hydrogens is 489 g/mol. The number of halogens is 3. The average Bonchev–Trinajstić information content (AvgIpc) is 3.59. The van der Waals surface area contributed by atoms with E-state index in [2.05, 4.69) is 33.3 Å². The molecule has 3 aromatic rings. The number of alkyl halides is 3. The summed E-state index contributed by atoms with van der Waals surface area (Å²) in [7, 11) is 0. The Balaban J connectivity index is 1.31. The fraction of sp³-hybridized carbons (Fsp3) is 0.320. The summed E-state index contributed by atoms with van der Waals surface area (Å²) in [6.45, 7) is 0.561. The summed E-state index contributed by atoms with van der Waals surface area (Å²) in [6, 6.07) is 14.9. The van der Waals surface area contributed by atoms with Crippen LogP contribution in [0.2, 0.25) is 0 Å². The Bertz CT molecular complexity index is 1260.